The minimum absolute atomic E-state index is 0.0112. The van der Waals surface area contributed by atoms with Crippen LogP contribution in [-0.4, -0.2) is 24.8 Å². The summed E-state index contributed by atoms with van der Waals surface area (Å²) >= 11 is 0. The molecule has 2 aromatic carbocycles. The maximum absolute atomic E-state index is 14.3. The summed E-state index contributed by atoms with van der Waals surface area (Å²) < 4.78 is 54.6. The zero-order chi connectivity index (χ0) is 18.6. The molecule has 0 saturated heterocycles. The highest BCUT2D eigenvalue weighted by molar-refractivity contribution is 5.62. The van der Waals surface area contributed by atoms with Gasteiger partial charge >= 0.3 is 6.18 Å². The minimum Gasteiger partial charge on any atom is -0.366 e. The third-order valence-electron chi connectivity index (χ3n) is 4.01. The van der Waals surface area contributed by atoms with Crippen molar-refractivity contribution in [3.8, 4) is 0 Å². The van der Waals surface area contributed by atoms with Crippen molar-refractivity contribution in [2.24, 2.45) is 4.99 Å². The molecule has 0 atom stereocenters. The summed E-state index contributed by atoms with van der Waals surface area (Å²) in [6, 6.07) is 8.85. The number of benzene rings is 2. The molecule has 25 heavy (non-hydrogen) atoms. The highest BCUT2D eigenvalue weighted by atomic mass is 19.4. The Morgan fingerprint density at radius 3 is 2.40 bits per heavy atom. The first kappa shape index (κ1) is 19.0. The van der Waals surface area contributed by atoms with E-state index in [2.05, 4.69) is 4.99 Å². The van der Waals surface area contributed by atoms with Crippen LogP contribution in [0.5, 0.6) is 0 Å². The van der Waals surface area contributed by atoms with Crippen molar-refractivity contribution in [3.05, 3.63) is 64.5 Å². The van der Waals surface area contributed by atoms with Crippen LogP contribution in [0.1, 0.15) is 29.2 Å². The number of rotatable bonds is 5. The minimum atomic E-state index is -4.58. The molecule has 6 heteroatoms. The lowest BCUT2D eigenvalue weighted by molar-refractivity contribution is -0.138. The van der Waals surface area contributed by atoms with Gasteiger partial charge in [-0.2, -0.15) is 13.2 Å². The summed E-state index contributed by atoms with van der Waals surface area (Å²) in [6.07, 6.45) is -3.25. The first-order valence-corrected chi connectivity index (χ1v) is 7.91. The van der Waals surface area contributed by atoms with Crippen molar-refractivity contribution >= 4 is 12.0 Å². The van der Waals surface area contributed by atoms with Crippen molar-refractivity contribution in [1.82, 2.24) is 4.90 Å². The Morgan fingerprint density at radius 1 is 1.12 bits per heavy atom. The Balaban J connectivity index is 2.48. The van der Waals surface area contributed by atoms with Crippen molar-refractivity contribution in [1.29, 1.82) is 0 Å². The molecule has 0 spiro atoms. The predicted octanol–water partition coefficient (Wildman–Crippen LogP) is 5.36. The molecule has 0 aliphatic heterocycles. The largest absolute Gasteiger partial charge is 0.416 e. The van der Waals surface area contributed by atoms with E-state index in [0.717, 1.165) is 23.3 Å². The number of nitrogens with zero attached hydrogens (tertiary/aromatic N) is 2. The van der Waals surface area contributed by atoms with Crippen LogP contribution in [0.3, 0.4) is 0 Å². The van der Waals surface area contributed by atoms with Gasteiger partial charge in [-0.1, -0.05) is 24.3 Å². The summed E-state index contributed by atoms with van der Waals surface area (Å²) in [4.78, 5) is 5.49. The standard InChI is InChI=1S/C19H20F4N2/c1-4-25(3)12-24-18-11-16(19(21,22)23)15(10-17(18)20)9-14-8-6-5-7-13(14)2/h5-8,10-12H,4,9H2,1-3H3/b24-12+. The molecule has 2 aromatic rings. The van der Waals surface area contributed by atoms with Crippen LogP contribution in [-0.2, 0) is 12.6 Å². The second-order valence-electron chi connectivity index (χ2n) is 5.88. The van der Waals surface area contributed by atoms with Crippen molar-refractivity contribution in [2.45, 2.75) is 26.4 Å². The van der Waals surface area contributed by atoms with Crippen LogP contribution >= 0.6 is 0 Å². The molecule has 0 unspecified atom stereocenters. The van der Waals surface area contributed by atoms with Gasteiger partial charge in [-0.25, -0.2) is 9.38 Å². The van der Waals surface area contributed by atoms with Gasteiger partial charge in [-0.15, -0.1) is 0 Å². The first-order valence-electron chi connectivity index (χ1n) is 7.91. The van der Waals surface area contributed by atoms with Crippen molar-refractivity contribution in [3.63, 3.8) is 0 Å². The summed E-state index contributed by atoms with van der Waals surface area (Å²) in [5.41, 5.74) is 0.323. The van der Waals surface area contributed by atoms with Gasteiger partial charge in [0.2, 0.25) is 0 Å². The Morgan fingerprint density at radius 2 is 1.80 bits per heavy atom. The van der Waals surface area contributed by atoms with E-state index in [9.17, 15) is 17.6 Å². The molecule has 0 N–H and O–H groups in total. The highest BCUT2D eigenvalue weighted by Gasteiger charge is 2.34. The highest BCUT2D eigenvalue weighted by Crippen LogP contribution is 2.37. The van der Waals surface area contributed by atoms with E-state index in [1.165, 1.54) is 6.34 Å². The monoisotopic (exact) mass is 352 g/mol. The van der Waals surface area contributed by atoms with Gasteiger partial charge in [0, 0.05) is 13.6 Å². The molecule has 2 nitrogen and oxygen atoms in total. The average Bonchev–Trinajstić information content (AvgIpc) is 2.54. The molecule has 0 fully saturated rings. The van der Waals surface area contributed by atoms with E-state index >= 15 is 0 Å². The van der Waals surface area contributed by atoms with Gasteiger partial charge < -0.3 is 4.90 Å². The molecular weight excluding hydrogens is 332 g/mol. The number of aryl methyl sites for hydroxylation is 1. The molecule has 0 amide bonds. The van der Waals surface area contributed by atoms with Gasteiger partial charge in [0.1, 0.15) is 11.5 Å². The number of hydrogen-bond donors (Lipinski definition) is 0. The lowest BCUT2D eigenvalue weighted by Crippen LogP contribution is -2.14. The molecule has 0 heterocycles. The lowest BCUT2D eigenvalue weighted by atomic mass is 9.96. The van der Waals surface area contributed by atoms with Gasteiger partial charge in [0.15, 0.2) is 0 Å². The number of hydrogen-bond acceptors (Lipinski definition) is 1. The Hall–Kier alpha value is -2.37. The van der Waals surface area contributed by atoms with E-state index in [1.54, 1.807) is 24.1 Å². The van der Waals surface area contributed by atoms with Crippen LogP contribution in [0.25, 0.3) is 0 Å². The summed E-state index contributed by atoms with van der Waals surface area (Å²) in [5.74, 6) is -0.766. The van der Waals surface area contributed by atoms with Crippen LogP contribution in [0, 0.1) is 12.7 Å². The molecule has 2 rings (SSSR count). The first-order chi connectivity index (χ1) is 11.7. The molecule has 0 radical (unpaired) electrons. The fraction of sp³-hybridized carbons (Fsp3) is 0.316. The van der Waals surface area contributed by atoms with Crippen LogP contribution < -0.4 is 0 Å². The third-order valence-corrected chi connectivity index (χ3v) is 4.01. The van der Waals surface area contributed by atoms with Crippen molar-refractivity contribution < 1.29 is 17.6 Å². The fourth-order valence-corrected chi connectivity index (χ4v) is 2.37. The topological polar surface area (TPSA) is 15.6 Å². The van der Waals surface area contributed by atoms with Gasteiger partial charge in [-0.3, -0.25) is 0 Å². The van der Waals surface area contributed by atoms with Crippen LogP contribution in [0.4, 0.5) is 23.2 Å². The second-order valence-corrected chi connectivity index (χ2v) is 5.88. The molecule has 134 valence electrons. The summed E-state index contributed by atoms with van der Waals surface area (Å²) in [7, 11) is 1.71. The SMILES string of the molecule is CCN(C)/C=N/c1cc(C(F)(F)F)c(Cc2ccccc2C)cc1F. The van der Waals surface area contributed by atoms with Gasteiger partial charge in [0.05, 0.1) is 11.9 Å². The third kappa shape index (κ3) is 4.81. The second kappa shape index (κ2) is 7.68. The number of alkyl halides is 3. The van der Waals surface area contributed by atoms with E-state index in [-0.39, 0.29) is 17.7 Å². The normalized spacial score (nSPS) is 12.0. The maximum Gasteiger partial charge on any atom is 0.416 e. The maximum atomic E-state index is 14.3. The predicted molar refractivity (Wildman–Crippen MR) is 91.8 cm³/mol. The molecule has 0 aliphatic carbocycles. The van der Waals surface area contributed by atoms with E-state index in [4.69, 9.17) is 0 Å². The lowest BCUT2D eigenvalue weighted by Gasteiger charge is -2.16. The Labute approximate surface area is 144 Å². The van der Waals surface area contributed by atoms with Gasteiger partial charge in [-0.05, 0) is 49.1 Å². The molecule has 0 aromatic heterocycles. The Kier molecular flexibility index (Phi) is 5.82. The Bertz CT molecular complexity index is 767. The van der Waals surface area contributed by atoms with Gasteiger partial charge in [0.25, 0.3) is 0 Å². The molecular formula is C19H20F4N2. The zero-order valence-electron chi connectivity index (χ0n) is 14.4. The summed E-state index contributed by atoms with van der Waals surface area (Å²) in [6.45, 7) is 4.29. The van der Waals surface area contributed by atoms with Crippen LogP contribution in [0.15, 0.2) is 41.4 Å². The van der Waals surface area contributed by atoms with Crippen molar-refractivity contribution in [2.75, 3.05) is 13.6 Å². The quantitative estimate of drug-likeness (QED) is 0.402. The fourth-order valence-electron chi connectivity index (χ4n) is 2.37. The number of halogens is 4. The smallest absolute Gasteiger partial charge is 0.366 e. The molecule has 0 bridgehead atoms. The van der Waals surface area contributed by atoms with Crippen LogP contribution in [0.2, 0.25) is 0 Å². The average molecular weight is 352 g/mol. The number of aliphatic imine (C=N–C) groups is 1. The molecule has 0 aliphatic rings. The van der Waals surface area contributed by atoms with E-state index in [0.29, 0.717) is 6.54 Å². The van der Waals surface area contributed by atoms with E-state index in [1.807, 2.05) is 26.0 Å². The summed E-state index contributed by atoms with van der Waals surface area (Å²) in [5, 5.41) is 0. The van der Waals surface area contributed by atoms with E-state index < -0.39 is 17.6 Å². The molecule has 0 saturated carbocycles. The zero-order valence-corrected chi connectivity index (χ0v) is 14.4.